The standard InChI is InChI=1S/C20H25FN2O4S/c1-2-27-15-17-7-4-3-6-16(17)14-22-20(24)8-5-13-23-28(25,26)19-11-9-18(21)10-12-19/h3-4,6-7,9-12,23H,2,5,8,13-15H2,1H3,(H,22,24). The Balaban J connectivity index is 1.74. The minimum atomic E-state index is -3.71. The summed E-state index contributed by atoms with van der Waals surface area (Å²) in [5.41, 5.74) is 2.01. The van der Waals surface area contributed by atoms with Crippen molar-refractivity contribution in [3.8, 4) is 0 Å². The van der Waals surface area contributed by atoms with Gasteiger partial charge in [-0.05, 0) is 48.7 Å². The average Bonchev–Trinajstić information content (AvgIpc) is 2.69. The van der Waals surface area contributed by atoms with E-state index in [0.717, 1.165) is 23.3 Å². The van der Waals surface area contributed by atoms with E-state index in [1.165, 1.54) is 12.1 Å². The summed E-state index contributed by atoms with van der Waals surface area (Å²) in [5, 5.41) is 2.84. The van der Waals surface area contributed by atoms with E-state index in [1.54, 1.807) is 0 Å². The van der Waals surface area contributed by atoms with Gasteiger partial charge >= 0.3 is 0 Å². The van der Waals surface area contributed by atoms with Gasteiger partial charge in [-0.3, -0.25) is 4.79 Å². The number of hydrogen-bond acceptors (Lipinski definition) is 4. The number of rotatable bonds is 11. The van der Waals surface area contributed by atoms with E-state index in [1.807, 2.05) is 31.2 Å². The van der Waals surface area contributed by atoms with Gasteiger partial charge in [0.2, 0.25) is 15.9 Å². The normalized spacial score (nSPS) is 11.4. The number of ether oxygens (including phenoxy) is 1. The molecule has 0 aromatic heterocycles. The lowest BCUT2D eigenvalue weighted by Crippen LogP contribution is -2.27. The molecule has 0 heterocycles. The largest absolute Gasteiger partial charge is 0.377 e. The average molecular weight is 408 g/mol. The zero-order chi connectivity index (χ0) is 20.4. The van der Waals surface area contributed by atoms with Crippen molar-refractivity contribution in [2.24, 2.45) is 0 Å². The molecule has 0 bridgehead atoms. The van der Waals surface area contributed by atoms with E-state index in [2.05, 4.69) is 10.0 Å². The van der Waals surface area contributed by atoms with Gasteiger partial charge in [-0.2, -0.15) is 0 Å². The molecule has 152 valence electrons. The van der Waals surface area contributed by atoms with Crippen LogP contribution in [0.5, 0.6) is 0 Å². The van der Waals surface area contributed by atoms with Crippen LogP contribution in [-0.4, -0.2) is 27.5 Å². The highest BCUT2D eigenvalue weighted by Crippen LogP contribution is 2.11. The van der Waals surface area contributed by atoms with Crippen molar-refractivity contribution in [3.63, 3.8) is 0 Å². The molecule has 1 amide bonds. The molecule has 0 unspecified atom stereocenters. The van der Waals surface area contributed by atoms with E-state index in [4.69, 9.17) is 4.74 Å². The Morgan fingerprint density at radius 1 is 1.07 bits per heavy atom. The van der Waals surface area contributed by atoms with Gasteiger partial charge in [0.05, 0.1) is 11.5 Å². The van der Waals surface area contributed by atoms with E-state index >= 15 is 0 Å². The first-order valence-corrected chi connectivity index (χ1v) is 10.6. The molecule has 0 saturated carbocycles. The number of carbonyl (C=O) groups is 1. The van der Waals surface area contributed by atoms with Crippen LogP contribution in [0.1, 0.15) is 30.9 Å². The Morgan fingerprint density at radius 2 is 1.75 bits per heavy atom. The van der Waals surface area contributed by atoms with Crippen molar-refractivity contribution in [3.05, 3.63) is 65.5 Å². The molecule has 6 nitrogen and oxygen atoms in total. The first-order valence-electron chi connectivity index (χ1n) is 9.09. The summed E-state index contributed by atoms with van der Waals surface area (Å²) in [5.74, 6) is -0.661. The van der Waals surface area contributed by atoms with Crippen LogP contribution in [0.3, 0.4) is 0 Å². The van der Waals surface area contributed by atoms with Crippen molar-refractivity contribution < 1.29 is 22.3 Å². The van der Waals surface area contributed by atoms with Gasteiger partial charge in [0, 0.05) is 26.1 Å². The first-order chi connectivity index (χ1) is 13.4. The van der Waals surface area contributed by atoms with Crippen molar-refractivity contribution in [1.82, 2.24) is 10.0 Å². The number of carbonyl (C=O) groups excluding carboxylic acids is 1. The van der Waals surface area contributed by atoms with E-state index in [-0.39, 0.29) is 23.8 Å². The van der Waals surface area contributed by atoms with Crippen molar-refractivity contribution in [2.75, 3.05) is 13.2 Å². The van der Waals surface area contributed by atoms with E-state index in [0.29, 0.717) is 26.2 Å². The van der Waals surface area contributed by atoms with Gasteiger partial charge in [-0.1, -0.05) is 24.3 Å². The molecule has 2 N–H and O–H groups in total. The smallest absolute Gasteiger partial charge is 0.240 e. The summed E-state index contributed by atoms with van der Waals surface area (Å²) < 4.78 is 44.9. The Labute approximate surface area is 165 Å². The topological polar surface area (TPSA) is 84.5 Å². The Hall–Kier alpha value is -2.29. The third-order valence-corrected chi connectivity index (χ3v) is 5.53. The molecule has 2 rings (SSSR count). The lowest BCUT2D eigenvalue weighted by Gasteiger charge is -2.11. The molecule has 8 heteroatoms. The molecule has 2 aromatic carbocycles. The summed E-state index contributed by atoms with van der Waals surface area (Å²) >= 11 is 0. The lowest BCUT2D eigenvalue weighted by atomic mass is 10.1. The van der Waals surface area contributed by atoms with Gasteiger partial charge in [0.1, 0.15) is 5.82 Å². The van der Waals surface area contributed by atoms with Gasteiger partial charge in [-0.25, -0.2) is 17.5 Å². The molecule has 0 aliphatic rings. The van der Waals surface area contributed by atoms with Crippen LogP contribution < -0.4 is 10.0 Å². The maximum Gasteiger partial charge on any atom is 0.240 e. The van der Waals surface area contributed by atoms with Crippen molar-refractivity contribution in [1.29, 1.82) is 0 Å². The van der Waals surface area contributed by atoms with Crippen molar-refractivity contribution in [2.45, 2.75) is 37.8 Å². The predicted octanol–water partition coefficient (Wildman–Crippen LogP) is 2.74. The summed E-state index contributed by atoms with van der Waals surface area (Å²) in [6, 6.07) is 12.3. The highest BCUT2D eigenvalue weighted by molar-refractivity contribution is 7.89. The maximum absolute atomic E-state index is 12.9. The summed E-state index contributed by atoms with van der Waals surface area (Å²) in [6.07, 6.45) is 0.548. The molecule has 28 heavy (non-hydrogen) atoms. The summed E-state index contributed by atoms with van der Waals surface area (Å²) in [7, 11) is -3.71. The monoisotopic (exact) mass is 408 g/mol. The van der Waals surface area contributed by atoms with Crippen LogP contribution in [0.25, 0.3) is 0 Å². The fourth-order valence-electron chi connectivity index (χ4n) is 2.52. The molecule has 0 aliphatic carbocycles. The molecule has 2 aromatic rings. The molecule has 0 aliphatic heterocycles. The minimum Gasteiger partial charge on any atom is -0.377 e. The van der Waals surface area contributed by atoms with E-state index in [9.17, 15) is 17.6 Å². The molecule has 0 spiro atoms. The molecule has 0 radical (unpaired) electrons. The number of amides is 1. The first kappa shape index (κ1) is 22.0. The van der Waals surface area contributed by atoms with Crippen LogP contribution in [0.15, 0.2) is 53.4 Å². The van der Waals surface area contributed by atoms with E-state index < -0.39 is 15.8 Å². The van der Waals surface area contributed by atoms with Gasteiger partial charge in [0.15, 0.2) is 0 Å². The van der Waals surface area contributed by atoms with Crippen LogP contribution in [0.4, 0.5) is 4.39 Å². The van der Waals surface area contributed by atoms with Gasteiger partial charge in [0.25, 0.3) is 0 Å². The quantitative estimate of drug-likeness (QED) is 0.560. The van der Waals surface area contributed by atoms with Crippen molar-refractivity contribution >= 4 is 15.9 Å². The molecular formula is C20H25FN2O4S. The second-order valence-electron chi connectivity index (χ2n) is 6.14. The molecular weight excluding hydrogens is 383 g/mol. The highest BCUT2D eigenvalue weighted by Gasteiger charge is 2.13. The number of halogens is 1. The molecule has 0 atom stereocenters. The fraction of sp³-hybridized carbons (Fsp3) is 0.350. The minimum absolute atomic E-state index is 0.00995. The fourth-order valence-corrected chi connectivity index (χ4v) is 3.59. The second-order valence-corrected chi connectivity index (χ2v) is 7.90. The zero-order valence-electron chi connectivity index (χ0n) is 15.8. The highest BCUT2D eigenvalue weighted by atomic mass is 32.2. The predicted molar refractivity (Wildman–Crippen MR) is 104 cm³/mol. The molecule has 0 fully saturated rings. The molecule has 0 saturated heterocycles. The van der Waals surface area contributed by atoms with Gasteiger partial charge in [-0.15, -0.1) is 0 Å². The maximum atomic E-state index is 12.9. The van der Waals surface area contributed by atoms with Crippen LogP contribution in [0.2, 0.25) is 0 Å². The zero-order valence-corrected chi connectivity index (χ0v) is 16.6. The Morgan fingerprint density at radius 3 is 2.43 bits per heavy atom. The Bertz CT molecular complexity index is 870. The number of hydrogen-bond donors (Lipinski definition) is 2. The second kappa shape index (κ2) is 10.9. The number of sulfonamides is 1. The number of nitrogens with one attached hydrogen (secondary N) is 2. The number of benzene rings is 2. The van der Waals surface area contributed by atoms with Crippen LogP contribution in [-0.2, 0) is 32.7 Å². The third-order valence-electron chi connectivity index (χ3n) is 4.05. The lowest BCUT2D eigenvalue weighted by molar-refractivity contribution is -0.121. The van der Waals surface area contributed by atoms with Crippen LogP contribution in [0, 0.1) is 5.82 Å². The summed E-state index contributed by atoms with van der Waals surface area (Å²) in [6.45, 7) is 3.55. The SMILES string of the molecule is CCOCc1ccccc1CNC(=O)CCCNS(=O)(=O)c1ccc(F)cc1. The van der Waals surface area contributed by atoms with Gasteiger partial charge < -0.3 is 10.1 Å². The Kier molecular flexibility index (Phi) is 8.56. The van der Waals surface area contributed by atoms with Crippen LogP contribution >= 0.6 is 0 Å². The third kappa shape index (κ3) is 7.03. The summed E-state index contributed by atoms with van der Waals surface area (Å²) in [4.78, 5) is 12.0.